The minimum atomic E-state index is -5.02. The summed E-state index contributed by atoms with van der Waals surface area (Å²) in [5, 5.41) is 0. The van der Waals surface area contributed by atoms with Crippen LogP contribution >= 0.6 is 0 Å². The van der Waals surface area contributed by atoms with Gasteiger partial charge in [-0.25, -0.2) is 0 Å². The number of carbonyl (C=O) groups excluding carboxylic acids is 1. The standard InChI is InChI=1S/C14H10F5NO/c15-13(16,11-4-2-1-3-5-11)9-20-7-6-10(8-20)12(21)14(17,18)19/h1-8H,9H2. The van der Waals surface area contributed by atoms with E-state index in [1.54, 1.807) is 6.07 Å². The number of nitrogens with zero attached hydrogens (tertiary/aromatic N) is 1. The molecule has 0 saturated carbocycles. The Morgan fingerprint density at radius 1 is 1.00 bits per heavy atom. The third-order valence-electron chi connectivity index (χ3n) is 2.85. The quantitative estimate of drug-likeness (QED) is 0.617. The molecule has 21 heavy (non-hydrogen) atoms. The van der Waals surface area contributed by atoms with Crippen LogP contribution in [-0.2, 0) is 12.5 Å². The Kier molecular flexibility index (Phi) is 3.85. The van der Waals surface area contributed by atoms with Crippen LogP contribution in [-0.4, -0.2) is 16.5 Å². The van der Waals surface area contributed by atoms with Crippen molar-refractivity contribution >= 4 is 5.78 Å². The van der Waals surface area contributed by atoms with Crippen molar-refractivity contribution in [3.8, 4) is 0 Å². The van der Waals surface area contributed by atoms with Gasteiger partial charge in [-0.15, -0.1) is 0 Å². The lowest BCUT2D eigenvalue weighted by Gasteiger charge is -2.17. The van der Waals surface area contributed by atoms with E-state index in [9.17, 15) is 26.7 Å². The smallest absolute Gasteiger partial charge is 0.347 e. The van der Waals surface area contributed by atoms with E-state index in [1.165, 1.54) is 24.3 Å². The number of hydrogen-bond acceptors (Lipinski definition) is 1. The summed E-state index contributed by atoms with van der Waals surface area (Å²) in [6.07, 6.45) is -3.23. The molecule has 0 aliphatic rings. The largest absolute Gasteiger partial charge is 0.454 e. The molecule has 0 atom stereocenters. The third-order valence-corrected chi connectivity index (χ3v) is 2.85. The lowest BCUT2D eigenvalue weighted by atomic mass is 10.1. The molecule has 0 N–H and O–H groups in total. The molecule has 0 radical (unpaired) electrons. The predicted molar refractivity (Wildman–Crippen MR) is 65.2 cm³/mol. The van der Waals surface area contributed by atoms with Crippen LogP contribution in [0.15, 0.2) is 48.8 Å². The summed E-state index contributed by atoms with van der Waals surface area (Å²) in [6, 6.07) is 7.79. The number of hydrogen-bond donors (Lipinski definition) is 0. The summed E-state index contributed by atoms with van der Waals surface area (Å²) in [5.74, 6) is -5.30. The van der Waals surface area contributed by atoms with Crippen molar-refractivity contribution < 1.29 is 26.7 Å². The van der Waals surface area contributed by atoms with Gasteiger partial charge in [0.1, 0.15) is 0 Å². The SMILES string of the molecule is O=C(c1ccn(CC(F)(F)c2ccccc2)c1)C(F)(F)F. The number of ketones is 1. The first-order valence-electron chi connectivity index (χ1n) is 5.91. The summed E-state index contributed by atoms with van der Waals surface area (Å²) in [4.78, 5) is 11.0. The average molecular weight is 303 g/mol. The number of carbonyl (C=O) groups is 1. The second-order valence-electron chi connectivity index (χ2n) is 4.47. The van der Waals surface area contributed by atoms with E-state index >= 15 is 0 Å². The number of alkyl halides is 5. The Balaban J connectivity index is 2.18. The Morgan fingerprint density at radius 2 is 1.62 bits per heavy atom. The van der Waals surface area contributed by atoms with Gasteiger partial charge < -0.3 is 4.57 Å². The molecule has 1 aromatic carbocycles. The lowest BCUT2D eigenvalue weighted by Crippen LogP contribution is -2.23. The summed E-state index contributed by atoms with van der Waals surface area (Å²) in [6.45, 7) is -0.845. The van der Waals surface area contributed by atoms with E-state index in [0.717, 1.165) is 23.0 Å². The van der Waals surface area contributed by atoms with Gasteiger partial charge in [0.2, 0.25) is 0 Å². The van der Waals surface area contributed by atoms with Gasteiger partial charge in [0.25, 0.3) is 11.7 Å². The molecule has 0 amide bonds. The number of rotatable bonds is 4. The molecule has 2 nitrogen and oxygen atoms in total. The van der Waals surface area contributed by atoms with Gasteiger partial charge in [-0.3, -0.25) is 4.79 Å². The molecule has 112 valence electrons. The van der Waals surface area contributed by atoms with E-state index in [4.69, 9.17) is 0 Å². The van der Waals surface area contributed by atoms with Crippen molar-refractivity contribution in [3.05, 3.63) is 59.9 Å². The highest BCUT2D eigenvalue weighted by Crippen LogP contribution is 2.30. The van der Waals surface area contributed by atoms with Crippen molar-refractivity contribution in [1.82, 2.24) is 4.57 Å². The normalized spacial score (nSPS) is 12.4. The van der Waals surface area contributed by atoms with Crippen LogP contribution in [0, 0.1) is 0 Å². The fourth-order valence-electron chi connectivity index (χ4n) is 1.84. The highest BCUT2D eigenvalue weighted by atomic mass is 19.4. The van der Waals surface area contributed by atoms with Gasteiger partial charge in [-0.05, 0) is 6.07 Å². The van der Waals surface area contributed by atoms with Crippen LogP contribution in [0.2, 0.25) is 0 Å². The minimum Gasteiger partial charge on any atom is -0.347 e. The van der Waals surface area contributed by atoms with E-state index in [0.29, 0.717) is 0 Å². The molecule has 1 heterocycles. The van der Waals surface area contributed by atoms with Gasteiger partial charge in [0.05, 0.1) is 6.54 Å². The molecule has 7 heteroatoms. The van der Waals surface area contributed by atoms with Crippen molar-refractivity contribution in [2.45, 2.75) is 18.6 Å². The zero-order valence-corrected chi connectivity index (χ0v) is 10.6. The fraction of sp³-hybridized carbons (Fsp3) is 0.214. The number of halogens is 5. The molecular weight excluding hydrogens is 293 g/mol. The predicted octanol–water partition coefficient (Wildman–Crippen LogP) is 4.03. The third kappa shape index (κ3) is 3.48. The summed E-state index contributed by atoms with van der Waals surface area (Å²) in [7, 11) is 0. The minimum absolute atomic E-state index is 0.248. The molecule has 0 aliphatic heterocycles. The first-order valence-corrected chi connectivity index (χ1v) is 5.91. The summed E-state index contributed by atoms with van der Waals surface area (Å²) < 4.78 is 65.5. The molecule has 2 rings (SSSR count). The number of Topliss-reactive ketones (excluding diaryl/α,β-unsaturated/α-hetero) is 1. The summed E-state index contributed by atoms with van der Waals surface area (Å²) in [5.41, 5.74) is -0.909. The van der Waals surface area contributed by atoms with E-state index in [2.05, 4.69) is 0 Å². The van der Waals surface area contributed by atoms with Gasteiger partial charge in [-0.2, -0.15) is 22.0 Å². The molecule has 0 aliphatic carbocycles. The Bertz CT molecular complexity index is 630. The average Bonchev–Trinajstić information content (AvgIpc) is 2.85. The van der Waals surface area contributed by atoms with Crippen LogP contribution in [0.3, 0.4) is 0 Å². The molecule has 0 unspecified atom stereocenters. The fourth-order valence-corrected chi connectivity index (χ4v) is 1.84. The first kappa shape index (κ1) is 15.2. The monoisotopic (exact) mass is 303 g/mol. The molecule has 1 aromatic heterocycles. The van der Waals surface area contributed by atoms with Crippen LogP contribution in [0.4, 0.5) is 22.0 Å². The molecule has 0 saturated heterocycles. The Morgan fingerprint density at radius 3 is 2.19 bits per heavy atom. The first-order chi connectivity index (χ1) is 9.70. The van der Waals surface area contributed by atoms with Crippen LogP contribution in [0.5, 0.6) is 0 Å². The molecule has 0 spiro atoms. The van der Waals surface area contributed by atoms with Gasteiger partial charge >= 0.3 is 6.18 Å². The highest BCUT2D eigenvalue weighted by Gasteiger charge is 2.40. The molecule has 2 aromatic rings. The maximum atomic E-state index is 14.0. The topological polar surface area (TPSA) is 22.0 Å². The highest BCUT2D eigenvalue weighted by molar-refractivity contribution is 6.00. The molecular formula is C14H10F5NO. The number of aromatic nitrogens is 1. The number of benzene rings is 1. The van der Waals surface area contributed by atoms with Crippen molar-refractivity contribution in [1.29, 1.82) is 0 Å². The maximum Gasteiger partial charge on any atom is 0.454 e. The van der Waals surface area contributed by atoms with E-state index in [-0.39, 0.29) is 5.56 Å². The zero-order chi connectivity index (χ0) is 15.7. The van der Waals surface area contributed by atoms with Gasteiger partial charge in [0.15, 0.2) is 0 Å². The Hall–Kier alpha value is -2.18. The van der Waals surface area contributed by atoms with Crippen LogP contribution in [0.1, 0.15) is 15.9 Å². The second-order valence-corrected chi connectivity index (χ2v) is 4.47. The molecule has 0 bridgehead atoms. The van der Waals surface area contributed by atoms with Crippen molar-refractivity contribution in [3.63, 3.8) is 0 Å². The van der Waals surface area contributed by atoms with Crippen LogP contribution in [0.25, 0.3) is 0 Å². The van der Waals surface area contributed by atoms with Gasteiger partial charge in [0, 0.05) is 23.5 Å². The van der Waals surface area contributed by atoms with Crippen LogP contribution < -0.4 is 0 Å². The second kappa shape index (κ2) is 5.31. The van der Waals surface area contributed by atoms with Crippen molar-refractivity contribution in [2.75, 3.05) is 0 Å². The van der Waals surface area contributed by atoms with Crippen molar-refractivity contribution in [2.24, 2.45) is 0 Å². The maximum absolute atomic E-state index is 14.0. The van der Waals surface area contributed by atoms with E-state index in [1.807, 2.05) is 0 Å². The zero-order valence-electron chi connectivity index (χ0n) is 10.6. The lowest BCUT2D eigenvalue weighted by molar-refractivity contribution is -0.0885. The molecule has 0 fully saturated rings. The Labute approximate surface area is 116 Å². The van der Waals surface area contributed by atoms with Gasteiger partial charge in [-0.1, -0.05) is 30.3 Å². The summed E-state index contributed by atoms with van der Waals surface area (Å²) >= 11 is 0. The van der Waals surface area contributed by atoms with E-state index < -0.39 is 30.0 Å².